The summed E-state index contributed by atoms with van der Waals surface area (Å²) < 4.78 is 1.05. The molecule has 2 unspecified atom stereocenters. The Labute approximate surface area is 87.3 Å². The van der Waals surface area contributed by atoms with Crippen LogP contribution >= 0.6 is 23.1 Å². The Kier molecular flexibility index (Phi) is 4.69. The van der Waals surface area contributed by atoms with Crippen LogP contribution in [0.4, 0.5) is 0 Å². The van der Waals surface area contributed by atoms with Crippen molar-refractivity contribution in [1.82, 2.24) is 15.5 Å². The highest BCUT2D eigenvalue weighted by Gasteiger charge is 2.13. The first kappa shape index (κ1) is 10.9. The fourth-order valence-corrected chi connectivity index (χ4v) is 2.76. The lowest BCUT2D eigenvalue weighted by molar-refractivity contribution is 0.563. The first-order valence-corrected chi connectivity index (χ1v) is 6.16. The van der Waals surface area contributed by atoms with Gasteiger partial charge in [-0.2, -0.15) is 0 Å². The summed E-state index contributed by atoms with van der Waals surface area (Å²) in [6, 6.07) is 0.513. The smallest absolute Gasteiger partial charge is 0.174 e. The molecular weight excluding hydrogens is 202 g/mol. The summed E-state index contributed by atoms with van der Waals surface area (Å²) >= 11 is 3.38. The van der Waals surface area contributed by atoms with Gasteiger partial charge in [0, 0.05) is 11.3 Å². The normalized spacial score (nSPS) is 15.6. The van der Waals surface area contributed by atoms with Gasteiger partial charge in [0.1, 0.15) is 5.51 Å². The van der Waals surface area contributed by atoms with Gasteiger partial charge in [0.15, 0.2) is 4.34 Å². The minimum Gasteiger partial charge on any atom is -0.313 e. The maximum Gasteiger partial charge on any atom is 0.174 e. The molecule has 0 radical (unpaired) electrons. The van der Waals surface area contributed by atoms with E-state index in [1.807, 2.05) is 0 Å². The number of aromatic nitrogens is 2. The van der Waals surface area contributed by atoms with Crippen LogP contribution in [0.25, 0.3) is 0 Å². The highest BCUT2D eigenvalue weighted by atomic mass is 32.2. The third-order valence-electron chi connectivity index (χ3n) is 1.86. The molecule has 0 spiro atoms. The van der Waals surface area contributed by atoms with Crippen molar-refractivity contribution in [3.63, 3.8) is 0 Å². The van der Waals surface area contributed by atoms with E-state index in [1.165, 1.54) is 0 Å². The number of hydrogen-bond acceptors (Lipinski definition) is 5. The van der Waals surface area contributed by atoms with Crippen molar-refractivity contribution >= 4 is 23.1 Å². The molecule has 2 atom stereocenters. The van der Waals surface area contributed by atoms with Gasteiger partial charge in [0.2, 0.25) is 0 Å². The standard InChI is InChI=1S/C8H15N3S2/c1-4-9-6(2)7(3)13-8-11-10-5-12-8/h5-7,9H,4H2,1-3H3. The molecular formula is C8H15N3S2. The van der Waals surface area contributed by atoms with Gasteiger partial charge in [-0.25, -0.2) is 0 Å². The van der Waals surface area contributed by atoms with Gasteiger partial charge in [-0.15, -0.1) is 10.2 Å². The van der Waals surface area contributed by atoms with Gasteiger partial charge >= 0.3 is 0 Å². The second kappa shape index (κ2) is 5.57. The zero-order valence-corrected chi connectivity index (χ0v) is 9.78. The highest BCUT2D eigenvalue weighted by Crippen LogP contribution is 2.25. The summed E-state index contributed by atoms with van der Waals surface area (Å²) in [4.78, 5) is 0. The lowest BCUT2D eigenvalue weighted by Crippen LogP contribution is -2.33. The third kappa shape index (κ3) is 3.62. The third-order valence-corrected chi connectivity index (χ3v) is 3.98. The van der Waals surface area contributed by atoms with Crippen LogP contribution in [0.1, 0.15) is 20.8 Å². The lowest BCUT2D eigenvalue weighted by Gasteiger charge is -2.18. The molecule has 3 nitrogen and oxygen atoms in total. The van der Waals surface area contributed by atoms with Crippen molar-refractivity contribution in [3.8, 4) is 0 Å². The molecule has 5 heteroatoms. The van der Waals surface area contributed by atoms with E-state index in [0.29, 0.717) is 11.3 Å². The van der Waals surface area contributed by atoms with Crippen LogP contribution in [0.15, 0.2) is 9.85 Å². The van der Waals surface area contributed by atoms with Crippen LogP contribution < -0.4 is 5.32 Å². The van der Waals surface area contributed by atoms with E-state index in [4.69, 9.17) is 0 Å². The summed E-state index contributed by atoms with van der Waals surface area (Å²) in [6.07, 6.45) is 0. The van der Waals surface area contributed by atoms with Gasteiger partial charge in [-0.1, -0.05) is 36.9 Å². The van der Waals surface area contributed by atoms with Crippen LogP contribution in [0, 0.1) is 0 Å². The monoisotopic (exact) mass is 217 g/mol. The predicted octanol–water partition coefficient (Wildman–Crippen LogP) is 2.02. The second-order valence-corrected chi connectivity index (χ2v) is 5.33. The molecule has 0 amide bonds. The molecule has 1 N–H and O–H groups in total. The maximum atomic E-state index is 4.00. The van der Waals surface area contributed by atoms with Crippen LogP contribution in [0.3, 0.4) is 0 Å². The zero-order valence-electron chi connectivity index (χ0n) is 8.15. The molecule has 1 heterocycles. The average molecular weight is 217 g/mol. The van der Waals surface area contributed by atoms with E-state index < -0.39 is 0 Å². The van der Waals surface area contributed by atoms with Crippen molar-refractivity contribution in [3.05, 3.63) is 5.51 Å². The Bertz CT molecular complexity index is 225. The Morgan fingerprint density at radius 1 is 1.62 bits per heavy atom. The Morgan fingerprint density at radius 2 is 2.38 bits per heavy atom. The fraction of sp³-hybridized carbons (Fsp3) is 0.750. The first-order chi connectivity index (χ1) is 6.24. The Balaban J connectivity index is 2.36. The summed E-state index contributed by atoms with van der Waals surface area (Å²) in [6.45, 7) is 7.54. The average Bonchev–Trinajstić information content (AvgIpc) is 2.57. The molecule has 0 aliphatic heterocycles. The molecule has 0 fully saturated rings. The van der Waals surface area contributed by atoms with E-state index >= 15 is 0 Å². The van der Waals surface area contributed by atoms with E-state index in [2.05, 4.69) is 36.3 Å². The van der Waals surface area contributed by atoms with Crippen molar-refractivity contribution in [2.45, 2.75) is 36.4 Å². The maximum absolute atomic E-state index is 4.00. The van der Waals surface area contributed by atoms with Gasteiger partial charge in [0.25, 0.3) is 0 Å². The van der Waals surface area contributed by atoms with Gasteiger partial charge < -0.3 is 5.32 Å². The van der Waals surface area contributed by atoms with E-state index in [-0.39, 0.29) is 0 Å². The summed E-state index contributed by atoms with van der Waals surface area (Å²) in [7, 11) is 0. The molecule has 0 aromatic carbocycles. The predicted molar refractivity (Wildman–Crippen MR) is 58.4 cm³/mol. The van der Waals surface area contributed by atoms with Crippen LogP contribution in [-0.2, 0) is 0 Å². The van der Waals surface area contributed by atoms with Gasteiger partial charge in [0.05, 0.1) is 0 Å². The molecule has 74 valence electrons. The van der Waals surface area contributed by atoms with Crippen molar-refractivity contribution < 1.29 is 0 Å². The quantitative estimate of drug-likeness (QED) is 0.766. The highest BCUT2D eigenvalue weighted by molar-refractivity contribution is 8.01. The molecule has 0 saturated heterocycles. The fourth-order valence-electron chi connectivity index (χ4n) is 0.963. The Hall–Kier alpha value is -0.130. The molecule has 1 rings (SSSR count). The minimum absolute atomic E-state index is 0.513. The molecule has 0 bridgehead atoms. The molecule has 1 aromatic rings. The molecule has 1 aromatic heterocycles. The van der Waals surface area contributed by atoms with Crippen molar-refractivity contribution in [1.29, 1.82) is 0 Å². The topological polar surface area (TPSA) is 37.8 Å². The molecule has 0 saturated carbocycles. The molecule has 13 heavy (non-hydrogen) atoms. The molecule has 0 aliphatic carbocycles. The number of nitrogens with one attached hydrogen (secondary N) is 1. The Morgan fingerprint density at radius 3 is 2.92 bits per heavy atom. The van der Waals surface area contributed by atoms with Crippen LogP contribution in [0.2, 0.25) is 0 Å². The van der Waals surface area contributed by atoms with Crippen LogP contribution in [0.5, 0.6) is 0 Å². The SMILES string of the molecule is CCNC(C)C(C)Sc1nncs1. The summed E-state index contributed by atoms with van der Waals surface area (Å²) in [5.74, 6) is 0. The number of nitrogens with zero attached hydrogens (tertiary/aromatic N) is 2. The van der Waals surface area contributed by atoms with E-state index in [1.54, 1.807) is 28.6 Å². The first-order valence-electron chi connectivity index (χ1n) is 4.40. The van der Waals surface area contributed by atoms with E-state index in [0.717, 1.165) is 10.9 Å². The molecule has 0 aliphatic rings. The second-order valence-electron chi connectivity index (χ2n) is 2.87. The lowest BCUT2D eigenvalue weighted by atomic mass is 10.2. The number of thioether (sulfide) groups is 1. The van der Waals surface area contributed by atoms with Gasteiger partial charge in [-0.05, 0) is 13.5 Å². The van der Waals surface area contributed by atoms with Gasteiger partial charge in [-0.3, -0.25) is 0 Å². The van der Waals surface area contributed by atoms with E-state index in [9.17, 15) is 0 Å². The summed E-state index contributed by atoms with van der Waals surface area (Å²) in [5, 5.41) is 11.7. The number of hydrogen-bond donors (Lipinski definition) is 1. The van der Waals surface area contributed by atoms with Crippen molar-refractivity contribution in [2.75, 3.05) is 6.54 Å². The zero-order chi connectivity index (χ0) is 9.68. The van der Waals surface area contributed by atoms with Crippen LogP contribution in [-0.4, -0.2) is 28.0 Å². The number of rotatable bonds is 5. The van der Waals surface area contributed by atoms with Crippen molar-refractivity contribution in [2.24, 2.45) is 0 Å². The largest absolute Gasteiger partial charge is 0.313 e. The minimum atomic E-state index is 0.513. The summed E-state index contributed by atoms with van der Waals surface area (Å²) in [5.41, 5.74) is 1.77.